The molecule has 4 aromatic carbocycles. The van der Waals surface area contributed by atoms with Crippen molar-refractivity contribution in [2.24, 2.45) is 0 Å². The minimum Gasteiger partial charge on any atom is -1.00 e. The maximum absolute atomic E-state index is 15.4. The topological polar surface area (TPSA) is 57.2 Å². The van der Waals surface area contributed by atoms with Crippen LogP contribution in [0.2, 0.25) is 0 Å². The van der Waals surface area contributed by atoms with Crippen LogP contribution in [0, 0.1) is 116 Å². The molecule has 306 valence electrons. The van der Waals surface area contributed by atoms with Crippen molar-refractivity contribution in [3.8, 4) is 0 Å². The van der Waals surface area contributed by atoms with Gasteiger partial charge in [-0.15, -0.1) is 21.9 Å². The average Bonchev–Trinajstić information content (AvgIpc) is 3.07. The quantitative estimate of drug-likeness (QED) is 0.0719. The molecule has 0 aliphatic rings. The van der Waals surface area contributed by atoms with Crippen LogP contribution < -0.4 is 55.8 Å². The summed E-state index contributed by atoms with van der Waals surface area (Å²) in [5, 5.41) is 0. The molecule has 0 spiro atoms. The molecule has 31 heteroatoms. The number of alkyl halides is 3. The fraction of sp³-hybridized carbons (Fsp3) is 0.0400. The predicted molar refractivity (Wildman–Crippen MR) is 125 cm³/mol. The summed E-state index contributed by atoms with van der Waals surface area (Å²) in [6.07, 6.45) is -7.22. The van der Waals surface area contributed by atoms with E-state index in [9.17, 15) is 65.9 Å². The number of benzene rings is 4. The second kappa shape index (κ2) is 17.9. The van der Waals surface area contributed by atoms with E-state index in [1.54, 1.807) is 0 Å². The van der Waals surface area contributed by atoms with E-state index in [1.807, 2.05) is 0 Å². The van der Waals surface area contributed by atoms with Gasteiger partial charge in [0.15, 0.2) is 79.9 Å². The van der Waals surface area contributed by atoms with Crippen LogP contribution in [0.4, 0.5) is 101 Å². The molecule has 0 N–H and O–H groups in total. The van der Waals surface area contributed by atoms with Gasteiger partial charge in [-0.1, -0.05) is 0 Å². The average molecular weight is 1080 g/mol. The van der Waals surface area contributed by atoms with Crippen molar-refractivity contribution >= 4 is 38.1 Å². The Morgan fingerprint density at radius 3 is 0.500 bits per heavy atom. The van der Waals surface area contributed by atoms with Crippen molar-refractivity contribution in [1.29, 1.82) is 0 Å². The summed E-state index contributed by atoms with van der Waals surface area (Å²) in [5.41, 5.74) is -20.0. The molecule has 0 saturated heterocycles. The van der Waals surface area contributed by atoms with Crippen LogP contribution in [-0.4, -0.2) is 24.6 Å². The summed E-state index contributed by atoms with van der Waals surface area (Å²) < 4.78 is 353. The molecular formula is C25BBr2F23O3SZr. The molecule has 0 saturated carbocycles. The Kier molecular flexibility index (Phi) is 17.0. The van der Waals surface area contributed by atoms with E-state index < -0.39 is 160 Å². The van der Waals surface area contributed by atoms with E-state index in [2.05, 4.69) is 0 Å². The summed E-state index contributed by atoms with van der Waals surface area (Å²) in [7, 11) is -6.09. The largest absolute Gasteiger partial charge is 4.00 e. The molecule has 0 radical (unpaired) electrons. The minimum atomic E-state index is -7.22. The number of hydrogen-bond acceptors (Lipinski definition) is 3. The van der Waals surface area contributed by atoms with Crippen molar-refractivity contribution < 1.29 is 174 Å². The molecule has 0 amide bonds. The number of hydrogen-bond donors (Lipinski definition) is 0. The normalized spacial score (nSPS) is 11.6. The SMILES string of the molecule is Fc1c(F)c(F)c([B-](c2c(F)c(F)c(F)c(F)c2F)(c2c(F)c(F)c(F)c(F)c2F)c2c(F)c(F)c(F)c(F)c2F)c(F)c1F.O=S(=O)([O-])C(F)(F)F.[Br-].[Br-].[Zr+4]. The van der Waals surface area contributed by atoms with E-state index in [0.717, 1.165) is 0 Å². The van der Waals surface area contributed by atoms with Crippen LogP contribution in [0.3, 0.4) is 0 Å². The van der Waals surface area contributed by atoms with Crippen molar-refractivity contribution in [2.75, 3.05) is 0 Å². The first kappa shape index (κ1) is 53.1. The molecule has 0 bridgehead atoms. The van der Waals surface area contributed by atoms with E-state index >= 15 is 35.1 Å². The molecule has 0 unspecified atom stereocenters. The first-order chi connectivity index (χ1) is 24.0. The fourth-order valence-electron chi connectivity index (χ4n) is 4.87. The summed E-state index contributed by atoms with van der Waals surface area (Å²) in [4.78, 5) is 0. The minimum absolute atomic E-state index is 0. The zero-order chi connectivity index (χ0) is 41.4. The maximum atomic E-state index is 15.4. The fourth-order valence-corrected chi connectivity index (χ4v) is 4.87. The van der Waals surface area contributed by atoms with Crippen LogP contribution in [0.5, 0.6) is 0 Å². The predicted octanol–water partition coefficient (Wildman–Crippen LogP) is -0.0971. The first-order valence-corrected chi connectivity index (χ1v) is 13.6. The van der Waals surface area contributed by atoms with Gasteiger partial charge in [-0.25, -0.2) is 96.2 Å². The summed E-state index contributed by atoms with van der Waals surface area (Å²) in [5.74, 6) is -71.4. The Morgan fingerprint density at radius 1 is 0.321 bits per heavy atom. The third-order valence-electron chi connectivity index (χ3n) is 6.99. The van der Waals surface area contributed by atoms with E-state index in [0.29, 0.717) is 0 Å². The molecule has 56 heavy (non-hydrogen) atoms. The first-order valence-electron chi connectivity index (χ1n) is 12.2. The van der Waals surface area contributed by atoms with Gasteiger partial charge in [0.1, 0.15) is 52.7 Å². The molecule has 0 aliphatic heterocycles. The third-order valence-corrected chi connectivity index (χ3v) is 7.56. The monoisotopic (exact) mass is 1080 g/mol. The van der Waals surface area contributed by atoms with Crippen molar-refractivity contribution in [1.82, 2.24) is 0 Å². The van der Waals surface area contributed by atoms with Crippen molar-refractivity contribution in [2.45, 2.75) is 5.51 Å². The standard InChI is InChI=1S/C24BF20.CHF3O3S.2BrH.Zr/c26-5-1(6(27)14(35)21(42)13(5)34)25(2-7(28)15(36)22(43)16(37)8(2)29,3-9(30)17(38)23(44)18(39)10(3)31)4-11(32)19(40)24(45)20(41)12(4)33;2-1(3,4)8(5,6)7;;;/h;(H,5,6,7);2*1H;/q-1;;;;+4/p-3. The molecule has 3 nitrogen and oxygen atoms in total. The second-order valence-electron chi connectivity index (χ2n) is 9.70. The zero-order valence-corrected chi connectivity index (χ0v) is 31.1. The van der Waals surface area contributed by atoms with Gasteiger partial charge in [0.2, 0.25) is 0 Å². The van der Waals surface area contributed by atoms with Crippen LogP contribution in [0.25, 0.3) is 0 Å². The Hall–Kier alpha value is -2.91. The Bertz CT molecular complexity index is 1950. The molecular weight excluding hydrogens is 1080 g/mol. The van der Waals surface area contributed by atoms with Crippen LogP contribution in [0.1, 0.15) is 0 Å². The summed E-state index contributed by atoms with van der Waals surface area (Å²) in [6, 6.07) is 0. The van der Waals surface area contributed by atoms with Gasteiger partial charge in [0.05, 0.1) is 0 Å². The van der Waals surface area contributed by atoms with Crippen LogP contribution in [-0.2, 0) is 36.3 Å². The molecule has 4 rings (SSSR count). The van der Waals surface area contributed by atoms with E-state index in [4.69, 9.17) is 13.0 Å². The molecule has 0 fully saturated rings. The number of rotatable bonds is 4. The van der Waals surface area contributed by atoms with Gasteiger partial charge in [0, 0.05) is 0 Å². The van der Waals surface area contributed by atoms with Crippen molar-refractivity contribution in [3.63, 3.8) is 0 Å². The second-order valence-corrected chi connectivity index (χ2v) is 11.1. The Balaban J connectivity index is 0.00000248. The van der Waals surface area contributed by atoms with Crippen molar-refractivity contribution in [3.05, 3.63) is 116 Å². The number of halogens is 25. The van der Waals surface area contributed by atoms with Crippen LogP contribution in [0.15, 0.2) is 0 Å². The molecule has 0 atom stereocenters. The smallest absolute Gasteiger partial charge is 1.00 e. The Labute approximate surface area is 332 Å². The summed E-state index contributed by atoms with van der Waals surface area (Å²) >= 11 is 0. The van der Waals surface area contributed by atoms with Crippen LogP contribution >= 0.6 is 0 Å². The molecule has 4 aromatic rings. The van der Waals surface area contributed by atoms with Gasteiger partial charge in [-0.05, 0) is 0 Å². The third kappa shape index (κ3) is 8.06. The Morgan fingerprint density at radius 2 is 0.411 bits per heavy atom. The van der Waals surface area contributed by atoms with E-state index in [-0.39, 0.29) is 60.2 Å². The van der Waals surface area contributed by atoms with Gasteiger partial charge >= 0.3 is 31.7 Å². The van der Waals surface area contributed by atoms with E-state index in [1.165, 1.54) is 0 Å². The zero-order valence-electron chi connectivity index (χ0n) is 24.7. The van der Waals surface area contributed by atoms with Gasteiger partial charge in [0.25, 0.3) is 0 Å². The molecule has 0 aliphatic carbocycles. The van der Waals surface area contributed by atoms with Gasteiger partial charge in [-0.3, -0.25) is 0 Å². The van der Waals surface area contributed by atoms with Gasteiger partial charge < -0.3 is 38.5 Å². The maximum Gasteiger partial charge on any atom is 4.00 e. The molecule has 0 heterocycles. The van der Waals surface area contributed by atoms with Gasteiger partial charge in [-0.2, -0.15) is 13.2 Å². The molecule has 0 aromatic heterocycles. The summed E-state index contributed by atoms with van der Waals surface area (Å²) in [6.45, 7) is 0.